The van der Waals surface area contributed by atoms with Crippen LogP contribution in [0.25, 0.3) is 0 Å². The summed E-state index contributed by atoms with van der Waals surface area (Å²) in [5, 5.41) is 1.97. The molecule has 0 N–H and O–H groups in total. The fourth-order valence-corrected chi connectivity index (χ4v) is 2.95. The van der Waals surface area contributed by atoms with E-state index in [0.717, 1.165) is 4.88 Å². The monoisotopic (exact) mass is 355 g/mol. The van der Waals surface area contributed by atoms with Gasteiger partial charge in [-0.3, -0.25) is 4.79 Å². The van der Waals surface area contributed by atoms with E-state index in [1.54, 1.807) is 28.4 Å². The molecule has 0 bridgehead atoms. The maximum Gasteiger partial charge on any atom is 0.257 e. The van der Waals surface area contributed by atoms with Gasteiger partial charge in [0.05, 0.1) is 16.6 Å². The van der Waals surface area contributed by atoms with Crippen molar-refractivity contribution in [3.63, 3.8) is 0 Å². The average Bonchev–Trinajstić information content (AvgIpc) is 2.91. The van der Waals surface area contributed by atoms with Crippen LogP contribution in [-0.2, 0) is 6.54 Å². The van der Waals surface area contributed by atoms with E-state index >= 15 is 0 Å². The predicted octanol–water partition coefficient (Wildman–Crippen LogP) is 4.70. The molecule has 0 unspecified atom stereocenters. The van der Waals surface area contributed by atoms with Crippen LogP contribution in [0.1, 0.15) is 29.1 Å². The third kappa shape index (κ3) is 3.27. The van der Waals surface area contributed by atoms with Crippen LogP contribution in [0.2, 0.25) is 0 Å². The van der Waals surface area contributed by atoms with Gasteiger partial charge in [0.1, 0.15) is 5.82 Å². The number of carbonyl (C=O) groups excluding carboxylic acids is 1. The number of benzene rings is 1. The molecule has 2 nitrogen and oxygen atoms in total. The van der Waals surface area contributed by atoms with Crippen molar-refractivity contribution in [1.29, 1.82) is 0 Å². The molecule has 1 amide bonds. The lowest BCUT2D eigenvalue weighted by Gasteiger charge is -2.26. The summed E-state index contributed by atoms with van der Waals surface area (Å²) in [6.07, 6.45) is 0. The molecule has 1 aromatic heterocycles. The first-order valence-electron chi connectivity index (χ1n) is 6.28. The van der Waals surface area contributed by atoms with Gasteiger partial charge in [-0.1, -0.05) is 12.1 Å². The minimum atomic E-state index is -0.505. The number of hydrogen-bond donors (Lipinski definition) is 0. The lowest BCUT2D eigenvalue weighted by Crippen LogP contribution is -2.36. The summed E-state index contributed by atoms with van der Waals surface area (Å²) in [6, 6.07) is 8.71. The van der Waals surface area contributed by atoms with E-state index in [9.17, 15) is 9.18 Å². The number of rotatable bonds is 4. The summed E-state index contributed by atoms with van der Waals surface area (Å²) in [7, 11) is 0. The molecule has 5 heteroatoms. The lowest BCUT2D eigenvalue weighted by atomic mass is 10.1. The maximum atomic E-state index is 14.1. The largest absolute Gasteiger partial charge is 0.331 e. The van der Waals surface area contributed by atoms with Crippen LogP contribution in [0, 0.1) is 5.82 Å². The van der Waals surface area contributed by atoms with Crippen LogP contribution in [0.5, 0.6) is 0 Å². The summed E-state index contributed by atoms with van der Waals surface area (Å²) in [5.41, 5.74) is 0.102. The molecule has 0 saturated heterocycles. The van der Waals surface area contributed by atoms with Crippen LogP contribution in [0.4, 0.5) is 4.39 Å². The Labute approximate surface area is 130 Å². The Kier molecular flexibility index (Phi) is 4.94. The molecule has 0 radical (unpaired) electrons. The number of thiophene rings is 1. The zero-order valence-electron chi connectivity index (χ0n) is 11.3. The number of halogens is 2. The van der Waals surface area contributed by atoms with Gasteiger partial charge < -0.3 is 4.90 Å². The van der Waals surface area contributed by atoms with E-state index in [1.165, 1.54) is 6.07 Å². The zero-order chi connectivity index (χ0) is 14.7. The Balaban J connectivity index is 2.29. The molecule has 0 saturated carbocycles. The first-order valence-corrected chi connectivity index (χ1v) is 7.95. The molecule has 0 aliphatic carbocycles. The van der Waals surface area contributed by atoms with Crippen molar-refractivity contribution in [3.05, 3.63) is 56.4 Å². The molecule has 2 rings (SSSR count). The van der Waals surface area contributed by atoms with E-state index in [-0.39, 0.29) is 17.5 Å². The summed E-state index contributed by atoms with van der Waals surface area (Å²) in [4.78, 5) is 15.3. The quantitative estimate of drug-likeness (QED) is 0.778. The molecule has 1 aromatic carbocycles. The third-order valence-electron chi connectivity index (χ3n) is 2.97. The van der Waals surface area contributed by atoms with E-state index in [0.29, 0.717) is 11.0 Å². The highest BCUT2D eigenvalue weighted by Crippen LogP contribution is 2.22. The summed E-state index contributed by atoms with van der Waals surface area (Å²) >= 11 is 4.71. The van der Waals surface area contributed by atoms with Crippen LogP contribution >= 0.6 is 27.3 Å². The molecule has 0 aliphatic heterocycles. The SMILES string of the molecule is CC(C)N(Cc1cccs1)C(=O)c1cccc(Br)c1F. The predicted molar refractivity (Wildman–Crippen MR) is 83.4 cm³/mol. The summed E-state index contributed by atoms with van der Waals surface area (Å²) in [6.45, 7) is 4.36. The Hall–Kier alpha value is -1.20. The van der Waals surface area contributed by atoms with Gasteiger partial charge in [0.15, 0.2) is 0 Å². The van der Waals surface area contributed by atoms with E-state index in [2.05, 4.69) is 15.9 Å². The molecule has 2 aromatic rings. The van der Waals surface area contributed by atoms with Crippen LogP contribution < -0.4 is 0 Å². The Bertz CT molecular complexity index is 598. The number of hydrogen-bond acceptors (Lipinski definition) is 2. The van der Waals surface area contributed by atoms with Gasteiger partial charge in [-0.2, -0.15) is 0 Å². The van der Waals surface area contributed by atoms with Crippen molar-refractivity contribution in [3.8, 4) is 0 Å². The molecule has 20 heavy (non-hydrogen) atoms. The number of carbonyl (C=O) groups is 1. The minimum absolute atomic E-state index is 0.00276. The fraction of sp³-hybridized carbons (Fsp3) is 0.267. The van der Waals surface area contributed by atoms with Crippen molar-refractivity contribution in [2.24, 2.45) is 0 Å². The van der Waals surface area contributed by atoms with Gasteiger partial charge in [0, 0.05) is 10.9 Å². The molecular formula is C15H15BrFNOS. The summed E-state index contributed by atoms with van der Waals surface area (Å²) in [5.74, 6) is -0.790. The maximum absolute atomic E-state index is 14.1. The van der Waals surface area contributed by atoms with E-state index in [4.69, 9.17) is 0 Å². The van der Waals surface area contributed by atoms with Gasteiger partial charge in [-0.25, -0.2) is 4.39 Å². The first-order chi connectivity index (χ1) is 9.50. The Morgan fingerprint density at radius 3 is 2.70 bits per heavy atom. The highest BCUT2D eigenvalue weighted by molar-refractivity contribution is 9.10. The average molecular weight is 356 g/mol. The standard InChI is InChI=1S/C15H15BrFNOS/c1-10(2)18(9-11-5-4-8-20-11)15(19)12-6-3-7-13(16)14(12)17/h3-8,10H,9H2,1-2H3. The van der Waals surface area contributed by atoms with Gasteiger partial charge in [-0.05, 0) is 53.4 Å². The molecule has 106 valence electrons. The topological polar surface area (TPSA) is 20.3 Å². The number of nitrogens with zero attached hydrogens (tertiary/aromatic N) is 1. The Morgan fingerprint density at radius 2 is 2.10 bits per heavy atom. The summed E-state index contributed by atoms with van der Waals surface area (Å²) < 4.78 is 14.4. The van der Waals surface area contributed by atoms with Crippen molar-refractivity contribution in [2.75, 3.05) is 0 Å². The van der Waals surface area contributed by atoms with E-state index < -0.39 is 5.82 Å². The van der Waals surface area contributed by atoms with Crippen LogP contribution in [-0.4, -0.2) is 16.8 Å². The highest BCUT2D eigenvalue weighted by atomic mass is 79.9. The van der Waals surface area contributed by atoms with Gasteiger partial charge in [0.2, 0.25) is 0 Å². The fourth-order valence-electron chi connectivity index (χ4n) is 1.88. The molecule has 1 heterocycles. The first kappa shape index (κ1) is 15.2. The van der Waals surface area contributed by atoms with E-state index in [1.807, 2.05) is 31.4 Å². The lowest BCUT2D eigenvalue weighted by molar-refractivity contribution is 0.0687. The highest BCUT2D eigenvalue weighted by Gasteiger charge is 2.23. The second-order valence-electron chi connectivity index (χ2n) is 4.71. The van der Waals surface area contributed by atoms with Gasteiger partial charge in [-0.15, -0.1) is 11.3 Å². The zero-order valence-corrected chi connectivity index (χ0v) is 13.7. The molecular weight excluding hydrogens is 341 g/mol. The molecule has 0 spiro atoms. The smallest absolute Gasteiger partial charge is 0.257 e. The normalized spacial score (nSPS) is 10.8. The van der Waals surface area contributed by atoms with Gasteiger partial charge in [0.25, 0.3) is 5.91 Å². The van der Waals surface area contributed by atoms with Crippen LogP contribution in [0.3, 0.4) is 0 Å². The second kappa shape index (κ2) is 6.50. The van der Waals surface area contributed by atoms with Crippen molar-refractivity contribution in [2.45, 2.75) is 26.4 Å². The van der Waals surface area contributed by atoms with Crippen molar-refractivity contribution >= 4 is 33.2 Å². The van der Waals surface area contributed by atoms with Crippen LogP contribution in [0.15, 0.2) is 40.2 Å². The van der Waals surface area contributed by atoms with Crippen molar-refractivity contribution < 1.29 is 9.18 Å². The number of amides is 1. The molecule has 0 atom stereocenters. The second-order valence-corrected chi connectivity index (χ2v) is 6.59. The van der Waals surface area contributed by atoms with Gasteiger partial charge >= 0.3 is 0 Å². The third-order valence-corrected chi connectivity index (χ3v) is 4.45. The molecule has 0 aliphatic rings. The van der Waals surface area contributed by atoms with Crippen molar-refractivity contribution in [1.82, 2.24) is 4.90 Å². The molecule has 0 fully saturated rings. The Morgan fingerprint density at radius 1 is 1.35 bits per heavy atom. The minimum Gasteiger partial charge on any atom is -0.331 e.